The van der Waals surface area contributed by atoms with Crippen LogP contribution in [0.2, 0.25) is 0 Å². The second-order valence-corrected chi connectivity index (χ2v) is 7.09. The van der Waals surface area contributed by atoms with E-state index in [1.54, 1.807) is 12.1 Å². The number of hydrogen-bond acceptors (Lipinski definition) is 4. The molecule has 0 aliphatic heterocycles. The van der Waals surface area contributed by atoms with Crippen LogP contribution < -0.4 is 5.32 Å². The van der Waals surface area contributed by atoms with Crippen LogP contribution in [-0.4, -0.2) is 22.7 Å². The maximum absolute atomic E-state index is 11.9. The second-order valence-electron chi connectivity index (χ2n) is 4.91. The largest absolute Gasteiger partial charge is 0.477 e. The molecule has 2 aromatic rings. The lowest BCUT2D eigenvalue weighted by Gasteiger charge is -2.07. The van der Waals surface area contributed by atoms with Crippen molar-refractivity contribution >= 4 is 35.0 Å². The highest BCUT2D eigenvalue weighted by atomic mass is 32.2. The van der Waals surface area contributed by atoms with Gasteiger partial charge >= 0.3 is 5.97 Å². The van der Waals surface area contributed by atoms with Crippen molar-refractivity contribution in [1.82, 2.24) is 5.32 Å². The van der Waals surface area contributed by atoms with E-state index in [4.69, 9.17) is 5.11 Å². The van der Waals surface area contributed by atoms with Gasteiger partial charge in [-0.2, -0.15) is 0 Å². The third-order valence-electron chi connectivity index (χ3n) is 3.03. The number of benzene rings is 1. The zero-order valence-corrected chi connectivity index (χ0v) is 14.0. The lowest BCUT2D eigenvalue weighted by molar-refractivity contribution is -0.118. The van der Waals surface area contributed by atoms with Gasteiger partial charge in [0.25, 0.3) is 0 Å². The second kappa shape index (κ2) is 7.47. The fraction of sp³-hybridized carbons (Fsp3) is 0.250. The van der Waals surface area contributed by atoms with Gasteiger partial charge < -0.3 is 10.4 Å². The van der Waals surface area contributed by atoms with Gasteiger partial charge in [-0.05, 0) is 37.6 Å². The predicted molar refractivity (Wildman–Crippen MR) is 89.8 cm³/mol. The molecule has 0 fully saturated rings. The van der Waals surface area contributed by atoms with Gasteiger partial charge in [0.2, 0.25) is 5.91 Å². The van der Waals surface area contributed by atoms with Crippen molar-refractivity contribution in [2.75, 3.05) is 5.75 Å². The van der Waals surface area contributed by atoms with Crippen LogP contribution in [0, 0.1) is 13.8 Å². The minimum absolute atomic E-state index is 0.0591. The van der Waals surface area contributed by atoms with Gasteiger partial charge in [0.15, 0.2) is 0 Å². The third-order valence-corrected chi connectivity index (χ3v) is 5.27. The number of thiophene rings is 1. The first-order valence-corrected chi connectivity index (χ1v) is 8.54. The minimum Gasteiger partial charge on any atom is -0.477 e. The maximum Gasteiger partial charge on any atom is 0.345 e. The average molecular weight is 335 g/mol. The quantitative estimate of drug-likeness (QED) is 0.793. The number of hydrogen-bond donors (Lipinski definition) is 2. The Bertz CT molecular complexity index is 694. The van der Waals surface area contributed by atoms with Crippen LogP contribution in [0.5, 0.6) is 0 Å². The van der Waals surface area contributed by atoms with Crippen molar-refractivity contribution in [3.05, 3.63) is 51.2 Å². The van der Waals surface area contributed by atoms with Gasteiger partial charge in [-0.3, -0.25) is 4.79 Å². The fourth-order valence-electron chi connectivity index (χ4n) is 1.83. The molecule has 0 spiro atoms. The first-order chi connectivity index (χ1) is 10.5. The number of carbonyl (C=O) groups excluding carboxylic acids is 1. The highest BCUT2D eigenvalue weighted by Gasteiger charge is 2.09. The summed E-state index contributed by atoms with van der Waals surface area (Å²) in [5, 5.41) is 11.7. The van der Waals surface area contributed by atoms with E-state index in [1.807, 2.05) is 13.8 Å². The van der Waals surface area contributed by atoms with E-state index in [-0.39, 0.29) is 10.8 Å². The molecule has 0 saturated carbocycles. The van der Waals surface area contributed by atoms with E-state index in [2.05, 4.69) is 23.5 Å². The number of aromatic carboxylic acids is 1. The van der Waals surface area contributed by atoms with Crippen molar-refractivity contribution in [1.29, 1.82) is 0 Å². The van der Waals surface area contributed by atoms with E-state index >= 15 is 0 Å². The molecule has 6 heteroatoms. The molecule has 0 bridgehead atoms. The molecular formula is C16H17NO3S2. The number of nitrogens with one attached hydrogen (secondary N) is 1. The summed E-state index contributed by atoms with van der Waals surface area (Å²) in [5.41, 5.74) is 2.33. The highest BCUT2D eigenvalue weighted by Crippen LogP contribution is 2.23. The number of thioether (sulfide) groups is 1. The molecule has 1 heterocycles. The number of carbonyl (C=O) groups is 2. The molecule has 2 rings (SSSR count). The normalized spacial score (nSPS) is 10.5. The van der Waals surface area contributed by atoms with Gasteiger partial charge in [0.05, 0.1) is 12.3 Å². The van der Waals surface area contributed by atoms with Gasteiger partial charge in [0.1, 0.15) is 4.88 Å². The maximum atomic E-state index is 11.9. The van der Waals surface area contributed by atoms with Crippen molar-refractivity contribution in [2.24, 2.45) is 0 Å². The van der Waals surface area contributed by atoms with Crippen LogP contribution in [0.15, 0.2) is 35.2 Å². The van der Waals surface area contributed by atoms with Crippen LogP contribution >= 0.6 is 23.1 Å². The molecule has 116 valence electrons. The van der Waals surface area contributed by atoms with Crippen molar-refractivity contribution in [2.45, 2.75) is 25.3 Å². The predicted octanol–water partition coefficient (Wildman–Crippen LogP) is 3.47. The van der Waals surface area contributed by atoms with Crippen molar-refractivity contribution in [3.63, 3.8) is 0 Å². The summed E-state index contributed by atoms with van der Waals surface area (Å²) >= 11 is 2.69. The Morgan fingerprint density at radius 2 is 2.00 bits per heavy atom. The Morgan fingerprint density at radius 3 is 2.68 bits per heavy atom. The molecule has 4 nitrogen and oxygen atoms in total. The zero-order chi connectivity index (χ0) is 16.1. The van der Waals surface area contributed by atoms with Gasteiger partial charge in [-0.15, -0.1) is 23.1 Å². The lowest BCUT2D eigenvalue weighted by Crippen LogP contribution is -2.24. The summed E-state index contributed by atoms with van der Waals surface area (Å²) in [4.78, 5) is 24.9. The van der Waals surface area contributed by atoms with Crippen LogP contribution in [0.4, 0.5) is 0 Å². The molecular weight excluding hydrogens is 318 g/mol. The average Bonchev–Trinajstić information content (AvgIpc) is 2.95. The Labute approximate surface area is 137 Å². The van der Waals surface area contributed by atoms with E-state index in [1.165, 1.54) is 28.7 Å². The van der Waals surface area contributed by atoms with Crippen molar-refractivity contribution < 1.29 is 14.7 Å². The number of rotatable bonds is 6. The topological polar surface area (TPSA) is 66.4 Å². The summed E-state index contributed by atoms with van der Waals surface area (Å²) < 4.78 is 0. The summed E-state index contributed by atoms with van der Waals surface area (Å²) in [6.45, 7) is 4.42. The molecule has 1 aromatic heterocycles. The molecule has 22 heavy (non-hydrogen) atoms. The fourth-order valence-corrected chi connectivity index (χ4v) is 3.57. The van der Waals surface area contributed by atoms with E-state index in [9.17, 15) is 9.59 Å². The Kier molecular flexibility index (Phi) is 5.63. The number of carboxylic acid groups (broad SMARTS) is 1. The molecule has 0 saturated heterocycles. The Balaban J connectivity index is 1.82. The minimum atomic E-state index is -0.937. The first kappa shape index (κ1) is 16.6. The van der Waals surface area contributed by atoms with E-state index in [0.717, 1.165) is 15.3 Å². The standard InChI is InChI=1S/C16H17NO3S2/c1-10-3-4-11(2)14(7-10)21-9-15(18)17-8-12-5-6-13(22-12)16(19)20/h3-7H,8-9H2,1-2H3,(H,17,18)(H,19,20). The van der Waals surface area contributed by atoms with Gasteiger partial charge in [-0.25, -0.2) is 4.79 Å². The molecule has 0 radical (unpaired) electrons. The number of aryl methyl sites for hydroxylation is 2. The smallest absolute Gasteiger partial charge is 0.345 e. The monoisotopic (exact) mass is 335 g/mol. The molecule has 0 unspecified atom stereocenters. The summed E-state index contributed by atoms with van der Waals surface area (Å²) in [7, 11) is 0. The first-order valence-electron chi connectivity index (χ1n) is 6.74. The van der Waals surface area contributed by atoms with Gasteiger partial charge in [0, 0.05) is 9.77 Å². The highest BCUT2D eigenvalue weighted by molar-refractivity contribution is 8.00. The van der Waals surface area contributed by atoms with Crippen LogP contribution in [0.1, 0.15) is 25.7 Å². The molecule has 1 aromatic carbocycles. The third kappa shape index (κ3) is 4.61. The summed E-state index contributed by atoms with van der Waals surface area (Å²) in [6, 6.07) is 9.46. The SMILES string of the molecule is Cc1ccc(C)c(SCC(=O)NCc2ccc(C(=O)O)s2)c1. The molecule has 0 atom stereocenters. The van der Waals surface area contributed by atoms with Gasteiger partial charge in [-0.1, -0.05) is 17.7 Å². The van der Waals surface area contributed by atoms with E-state index in [0.29, 0.717) is 12.3 Å². The summed E-state index contributed by atoms with van der Waals surface area (Å²) in [6.07, 6.45) is 0. The van der Waals surface area contributed by atoms with E-state index < -0.39 is 5.97 Å². The Hall–Kier alpha value is -1.79. The van der Waals surface area contributed by atoms with Crippen molar-refractivity contribution in [3.8, 4) is 0 Å². The molecule has 0 aliphatic rings. The zero-order valence-electron chi connectivity index (χ0n) is 12.4. The number of carboxylic acids is 1. The van der Waals surface area contributed by atoms with Crippen LogP contribution in [-0.2, 0) is 11.3 Å². The Morgan fingerprint density at radius 1 is 1.23 bits per heavy atom. The van der Waals surface area contributed by atoms with Crippen LogP contribution in [0.25, 0.3) is 0 Å². The lowest BCUT2D eigenvalue weighted by atomic mass is 10.2. The molecule has 2 N–H and O–H groups in total. The molecule has 1 amide bonds. The molecule has 0 aliphatic carbocycles. The van der Waals surface area contributed by atoms with Crippen LogP contribution in [0.3, 0.4) is 0 Å². The number of amides is 1. The summed E-state index contributed by atoms with van der Waals surface area (Å²) in [5.74, 6) is -0.647.